The first-order valence-electron chi connectivity index (χ1n) is 11.0. The molecule has 0 spiro atoms. The van der Waals surface area contributed by atoms with E-state index in [1.54, 1.807) is 14.2 Å². The Morgan fingerprint density at radius 2 is 1.47 bits per heavy atom. The highest BCUT2D eigenvalue weighted by Gasteiger charge is 2.09. The summed E-state index contributed by atoms with van der Waals surface area (Å²) in [5.41, 5.74) is 4.76. The fraction of sp³-hybridized carbons (Fsp3) is 0.333. The van der Waals surface area contributed by atoms with Crippen molar-refractivity contribution in [2.45, 2.75) is 33.4 Å². The first kappa shape index (κ1) is 23.5. The van der Waals surface area contributed by atoms with Gasteiger partial charge in [0, 0.05) is 6.54 Å². The first-order chi connectivity index (χ1) is 15.6. The third-order valence-electron chi connectivity index (χ3n) is 5.32. The molecule has 0 aromatic heterocycles. The molecule has 5 heteroatoms. The van der Waals surface area contributed by atoms with Gasteiger partial charge in [-0.2, -0.15) is 0 Å². The lowest BCUT2D eigenvalue weighted by Crippen LogP contribution is -2.16. The van der Waals surface area contributed by atoms with Gasteiger partial charge in [0.1, 0.15) is 6.61 Å². The van der Waals surface area contributed by atoms with Crippen molar-refractivity contribution in [1.29, 1.82) is 0 Å². The number of hydrogen-bond acceptors (Lipinski definition) is 5. The molecule has 0 heterocycles. The summed E-state index contributed by atoms with van der Waals surface area (Å²) in [7, 11) is 3.30. The molecule has 0 unspecified atom stereocenters. The van der Waals surface area contributed by atoms with E-state index >= 15 is 0 Å². The molecule has 32 heavy (non-hydrogen) atoms. The lowest BCUT2D eigenvalue weighted by Gasteiger charge is -2.15. The van der Waals surface area contributed by atoms with Crippen LogP contribution in [0.1, 0.15) is 29.2 Å². The fourth-order valence-corrected chi connectivity index (χ4v) is 3.48. The minimum atomic E-state index is 0.523. The highest BCUT2D eigenvalue weighted by Crippen LogP contribution is 2.30. The van der Waals surface area contributed by atoms with Gasteiger partial charge in [-0.15, -0.1) is 0 Å². The van der Waals surface area contributed by atoms with Crippen LogP contribution in [0.25, 0.3) is 0 Å². The van der Waals surface area contributed by atoms with E-state index in [0.717, 1.165) is 48.1 Å². The maximum absolute atomic E-state index is 6.07. The van der Waals surface area contributed by atoms with Crippen molar-refractivity contribution in [3.8, 4) is 23.0 Å². The minimum Gasteiger partial charge on any atom is -0.493 e. The number of ether oxygens (including phenoxy) is 4. The molecule has 3 aromatic rings. The molecule has 0 radical (unpaired) electrons. The van der Waals surface area contributed by atoms with E-state index in [4.69, 9.17) is 18.9 Å². The van der Waals surface area contributed by atoms with Crippen molar-refractivity contribution in [1.82, 2.24) is 5.32 Å². The van der Waals surface area contributed by atoms with Crippen molar-refractivity contribution in [2.24, 2.45) is 0 Å². The summed E-state index contributed by atoms with van der Waals surface area (Å²) in [4.78, 5) is 0. The number of hydrogen-bond donors (Lipinski definition) is 1. The lowest BCUT2D eigenvalue weighted by atomic mass is 10.1. The van der Waals surface area contributed by atoms with E-state index in [-0.39, 0.29) is 0 Å². The maximum Gasteiger partial charge on any atom is 0.161 e. The summed E-state index contributed by atoms with van der Waals surface area (Å²) in [6.07, 6.45) is 0.899. The van der Waals surface area contributed by atoms with Crippen LogP contribution in [-0.4, -0.2) is 27.4 Å². The summed E-state index contributed by atoms with van der Waals surface area (Å²) >= 11 is 0. The summed E-state index contributed by atoms with van der Waals surface area (Å²) in [5, 5.41) is 3.50. The Labute approximate surface area is 191 Å². The van der Waals surface area contributed by atoms with Gasteiger partial charge >= 0.3 is 0 Å². The molecule has 0 aliphatic heterocycles. The largest absolute Gasteiger partial charge is 0.493 e. The zero-order valence-corrected chi connectivity index (χ0v) is 19.4. The van der Waals surface area contributed by atoms with Crippen LogP contribution in [0.2, 0.25) is 0 Å². The molecule has 0 atom stereocenters. The molecule has 0 aliphatic rings. The minimum absolute atomic E-state index is 0.523. The molecular weight excluding hydrogens is 402 g/mol. The van der Waals surface area contributed by atoms with Gasteiger partial charge in [-0.3, -0.25) is 0 Å². The van der Waals surface area contributed by atoms with Gasteiger partial charge in [-0.1, -0.05) is 36.4 Å². The topological polar surface area (TPSA) is 49.0 Å². The normalized spacial score (nSPS) is 10.6. The highest BCUT2D eigenvalue weighted by atomic mass is 16.5. The second-order valence-corrected chi connectivity index (χ2v) is 7.55. The zero-order valence-electron chi connectivity index (χ0n) is 19.4. The Morgan fingerprint density at radius 3 is 2.22 bits per heavy atom. The Hall–Kier alpha value is -3.18. The first-order valence-corrected chi connectivity index (χ1v) is 11.0. The fourth-order valence-electron chi connectivity index (χ4n) is 3.48. The predicted molar refractivity (Wildman–Crippen MR) is 128 cm³/mol. The summed E-state index contributed by atoms with van der Waals surface area (Å²) in [6.45, 7) is 6.81. The van der Waals surface area contributed by atoms with Crippen molar-refractivity contribution in [3.63, 3.8) is 0 Å². The van der Waals surface area contributed by atoms with E-state index in [2.05, 4.69) is 42.6 Å². The van der Waals surface area contributed by atoms with Crippen LogP contribution in [0.4, 0.5) is 0 Å². The van der Waals surface area contributed by atoms with Crippen molar-refractivity contribution < 1.29 is 18.9 Å². The molecular formula is C27H33NO4. The lowest BCUT2D eigenvalue weighted by molar-refractivity contribution is 0.268. The van der Waals surface area contributed by atoms with Crippen molar-refractivity contribution in [2.75, 3.05) is 27.4 Å². The molecule has 5 nitrogen and oxygen atoms in total. The number of nitrogens with one attached hydrogen (secondary N) is 1. The third kappa shape index (κ3) is 6.41. The van der Waals surface area contributed by atoms with Gasteiger partial charge in [0.05, 0.1) is 20.8 Å². The van der Waals surface area contributed by atoms with E-state index < -0.39 is 0 Å². The Morgan fingerprint density at radius 1 is 0.750 bits per heavy atom. The van der Waals surface area contributed by atoms with Crippen LogP contribution in [0.5, 0.6) is 23.0 Å². The van der Waals surface area contributed by atoms with Gasteiger partial charge in [0.15, 0.2) is 23.0 Å². The van der Waals surface area contributed by atoms with E-state index in [9.17, 15) is 0 Å². The SMILES string of the molecule is CCOc1cc(CNCCc2ccc(OC)c(OC)c2)ccc1OCc1ccccc1C. The van der Waals surface area contributed by atoms with Crippen molar-refractivity contribution >= 4 is 0 Å². The third-order valence-corrected chi connectivity index (χ3v) is 5.32. The van der Waals surface area contributed by atoms with Crippen LogP contribution in [-0.2, 0) is 19.6 Å². The molecule has 3 aromatic carbocycles. The van der Waals surface area contributed by atoms with Gasteiger partial charge in [0.25, 0.3) is 0 Å². The van der Waals surface area contributed by atoms with Crippen LogP contribution in [0.15, 0.2) is 60.7 Å². The summed E-state index contributed by atoms with van der Waals surface area (Å²) < 4.78 is 22.6. The van der Waals surface area contributed by atoms with E-state index in [1.807, 2.05) is 37.3 Å². The highest BCUT2D eigenvalue weighted by molar-refractivity contribution is 5.44. The average Bonchev–Trinajstić information content (AvgIpc) is 2.82. The quantitative estimate of drug-likeness (QED) is 0.390. The smallest absolute Gasteiger partial charge is 0.161 e. The van der Waals surface area contributed by atoms with Crippen LogP contribution >= 0.6 is 0 Å². The summed E-state index contributed by atoms with van der Waals surface area (Å²) in [6, 6.07) is 20.4. The maximum atomic E-state index is 6.07. The summed E-state index contributed by atoms with van der Waals surface area (Å²) in [5.74, 6) is 3.05. The number of benzene rings is 3. The van der Waals surface area contributed by atoms with Gasteiger partial charge in [0.2, 0.25) is 0 Å². The Bertz CT molecular complexity index is 1000. The predicted octanol–water partition coefficient (Wildman–Crippen LogP) is 5.32. The number of methoxy groups -OCH3 is 2. The zero-order chi connectivity index (χ0) is 22.8. The van der Waals surface area contributed by atoms with Gasteiger partial charge in [-0.05, 0) is 73.3 Å². The molecule has 1 N–H and O–H groups in total. The molecule has 0 bridgehead atoms. The van der Waals surface area contributed by atoms with Gasteiger partial charge in [-0.25, -0.2) is 0 Å². The van der Waals surface area contributed by atoms with E-state index in [1.165, 1.54) is 16.7 Å². The molecule has 0 aliphatic carbocycles. The van der Waals surface area contributed by atoms with Crippen LogP contribution in [0, 0.1) is 6.92 Å². The Balaban J connectivity index is 1.55. The second kappa shape index (κ2) is 12.0. The number of aryl methyl sites for hydroxylation is 1. The van der Waals surface area contributed by atoms with Gasteiger partial charge < -0.3 is 24.3 Å². The number of rotatable bonds is 12. The molecule has 0 amide bonds. The molecule has 3 rings (SSSR count). The van der Waals surface area contributed by atoms with Crippen molar-refractivity contribution in [3.05, 3.63) is 82.9 Å². The standard InChI is InChI=1S/C27H33NO4/c1-5-31-27-17-22(11-13-25(27)32-19-23-9-7-6-8-20(23)2)18-28-15-14-21-10-12-24(29-3)26(16-21)30-4/h6-13,16-17,28H,5,14-15,18-19H2,1-4H3. The molecule has 170 valence electrons. The molecule has 0 fully saturated rings. The molecule has 0 saturated heterocycles. The monoisotopic (exact) mass is 435 g/mol. The molecule has 0 saturated carbocycles. The Kier molecular flexibility index (Phi) is 8.81. The van der Waals surface area contributed by atoms with E-state index in [0.29, 0.717) is 13.2 Å². The van der Waals surface area contributed by atoms with Crippen LogP contribution < -0.4 is 24.3 Å². The van der Waals surface area contributed by atoms with Crippen LogP contribution in [0.3, 0.4) is 0 Å². The average molecular weight is 436 g/mol. The second-order valence-electron chi connectivity index (χ2n) is 7.55.